The first kappa shape index (κ1) is 11.8. The van der Waals surface area contributed by atoms with Crippen molar-refractivity contribution < 1.29 is 17.9 Å². The van der Waals surface area contributed by atoms with Crippen molar-refractivity contribution in [3.8, 4) is 0 Å². The molecule has 4 heteroatoms. The molecule has 1 nitrogen and oxygen atoms in total. The number of hydrogen-bond donors (Lipinski definition) is 0. The molecule has 0 spiro atoms. The number of halogens is 3. The molecule has 0 rings (SSSR count). The Morgan fingerprint density at radius 3 is 2.08 bits per heavy atom. The van der Waals surface area contributed by atoms with Gasteiger partial charge >= 0.3 is 6.18 Å². The van der Waals surface area contributed by atoms with Gasteiger partial charge in [-0.3, -0.25) is 0 Å². The lowest BCUT2D eigenvalue weighted by Gasteiger charge is -2.04. The van der Waals surface area contributed by atoms with Crippen LogP contribution in [-0.4, -0.2) is 19.9 Å². The van der Waals surface area contributed by atoms with Gasteiger partial charge in [0.15, 0.2) is 0 Å². The molecule has 0 fully saturated rings. The number of ether oxygens (including phenoxy) is 1. The first-order valence-electron chi connectivity index (χ1n) is 4.12. The quantitative estimate of drug-likeness (QED) is 0.576. The zero-order valence-electron chi connectivity index (χ0n) is 7.28. The van der Waals surface area contributed by atoms with Crippen molar-refractivity contribution in [3.63, 3.8) is 0 Å². The average molecular weight is 184 g/mol. The Labute approximate surface area is 70.9 Å². The topological polar surface area (TPSA) is 9.23 Å². The number of rotatable bonds is 6. The van der Waals surface area contributed by atoms with Crippen LogP contribution in [0.3, 0.4) is 0 Å². The van der Waals surface area contributed by atoms with Gasteiger partial charge in [0.05, 0.1) is 0 Å². The SMILES string of the molecule is COCCCCCCC(F)(F)F. The highest BCUT2D eigenvalue weighted by Gasteiger charge is 2.25. The van der Waals surface area contributed by atoms with Gasteiger partial charge in [0.1, 0.15) is 0 Å². The van der Waals surface area contributed by atoms with Gasteiger partial charge in [0.25, 0.3) is 0 Å². The van der Waals surface area contributed by atoms with Crippen LogP contribution in [0.1, 0.15) is 32.1 Å². The molecule has 0 aliphatic rings. The number of alkyl halides is 3. The zero-order valence-corrected chi connectivity index (χ0v) is 7.28. The molecule has 0 aromatic rings. The fraction of sp³-hybridized carbons (Fsp3) is 1.00. The Bertz CT molecular complexity index is 101. The Morgan fingerprint density at radius 2 is 1.58 bits per heavy atom. The van der Waals surface area contributed by atoms with Crippen LogP contribution in [0.2, 0.25) is 0 Å². The van der Waals surface area contributed by atoms with Gasteiger partial charge in [-0.15, -0.1) is 0 Å². The molecule has 0 N–H and O–H groups in total. The van der Waals surface area contributed by atoms with Crippen LogP contribution in [0, 0.1) is 0 Å². The molecule has 0 radical (unpaired) electrons. The highest BCUT2D eigenvalue weighted by atomic mass is 19.4. The van der Waals surface area contributed by atoms with E-state index in [2.05, 4.69) is 0 Å². The fourth-order valence-electron chi connectivity index (χ4n) is 0.925. The summed E-state index contributed by atoms with van der Waals surface area (Å²) in [7, 11) is 1.59. The average Bonchev–Trinajstić information content (AvgIpc) is 1.94. The van der Waals surface area contributed by atoms with Crippen molar-refractivity contribution in [3.05, 3.63) is 0 Å². The van der Waals surface area contributed by atoms with Crippen molar-refractivity contribution >= 4 is 0 Å². The maximum Gasteiger partial charge on any atom is 0.389 e. The van der Waals surface area contributed by atoms with Gasteiger partial charge < -0.3 is 4.74 Å². The molecule has 0 unspecified atom stereocenters. The minimum atomic E-state index is -3.98. The van der Waals surface area contributed by atoms with Gasteiger partial charge in [-0.2, -0.15) is 13.2 Å². The summed E-state index contributed by atoms with van der Waals surface area (Å²) in [4.78, 5) is 0. The summed E-state index contributed by atoms with van der Waals surface area (Å²) < 4.78 is 39.6. The van der Waals surface area contributed by atoms with E-state index in [-0.39, 0.29) is 6.42 Å². The lowest BCUT2D eigenvalue weighted by Crippen LogP contribution is -2.06. The van der Waals surface area contributed by atoms with Crippen molar-refractivity contribution in [2.45, 2.75) is 38.3 Å². The molecule has 0 saturated heterocycles. The van der Waals surface area contributed by atoms with Gasteiger partial charge in [-0.1, -0.05) is 12.8 Å². The first-order valence-corrected chi connectivity index (χ1v) is 4.12. The van der Waals surface area contributed by atoms with Crippen LogP contribution in [0.25, 0.3) is 0 Å². The monoisotopic (exact) mass is 184 g/mol. The third-order valence-electron chi connectivity index (χ3n) is 1.56. The number of methoxy groups -OCH3 is 1. The van der Waals surface area contributed by atoms with E-state index in [1.165, 1.54) is 0 Å². The van der Waals surface area contributed by atoms with Crippen molar-refractivity contribution in [1.29, 1.82) is 0 Å². The van der Waals surface area contributed by atoms with Crippen molar-refractivity contribution in [2.75, 3.05) is 13.7 Å². The third kappa shape index (κ3) is 9.75. The Balaban J connectivity index is 3.01. The second kappa shape index (κ2) is 6.29. The summed E-state index contributed by atoms with van der Waals surface area (Å²) in [5.74, 6) is 0. The van der Waals surface area contributed by atoms with E-state index in [1.54, 1.807) is 7.11 Å². The van der Waals surface area contributed by atoms with Crippen LogP contribution in [-0.2, 0) is 4.74 Å². The van der Waals surface area contributed by atoms with Crippen molar-refractivity contribution in [1.82, 2.24) is 0 Å². The molecule has 0 atom stereocenters. The largest absolute Gasteiger partial charge is 0.389 e. The highest BCUT2D eigenvalue weighted by molar-refractivity contribution is 4.51. The van der Waals surface area contributed by atoms with Crippen LogP contribution >= 0.6 is 0 Å². The maximum atomic E-state index is 11.6. The second-order valence-electron chi connectivity index (χ2n) is 2.77. The molecule has 74 valence electrons. The Kier molecular flexibility index (Phi) is 6.16. The van der Waals surface area contributed by atoms with E-state index in [0.717, 1.165) is 12.8 Å². The van der Waals surface area contributed by atoms with Crippen LogP contribution in [0.4, 0.5) is 13.2 Å². The molecule has 12 heavy (non-hydrogen) atoms. The Hall–Kier alpha value is -0.250. The molecular weight excluding hydrogens is 169 g/mol. The molecule has 0 saturated carbocycles. The molecular formula is C8H15F3O. The van der Waals surface area contributed by atoms with E-state index < -0.39 is 12.6 Å². The van der Waals surface area contributed by atoms with E-state index in [0.29, 0.717) is 13.0 Å². The van der Waals surface area contributed by atoms with Crippen molar-refractivity contribution in [2.24, 2.45) is 0 Å². The molecule has 0 aliphatic carbocycles. The summed E-state index contributed by atoms with van der Waals surface area (Å²) in [5.41, 5.74) is 0. The maximum absolute atomic E-state index is 11.6. The van der Waals surface area contributed by atoms with Gasteiger partial charge in [0.2, 0.25) is 0 Å². The lowest BCUT2D eigenvalue weighted by atomic mass is 10.1. The summed E-state index contributed by atoms with van der Waals surface area (Å²) >= 11 is 0. The van der Waals surface area contributed by atoms with E-state index in [4.69, 9.17) is 4.74 Å². The molecule has 0 bridgehead atoms. The van der Waals surface area contributed by atoms with Gasteiger partial charge in [-0.05, 0) is 12.8 Å². The number of hydrogen-bond acceptors (Lipinski definition) is 1. The summed E-state index contributed by atoms with van der Waals surface area (Å²) in [5, 5.41) is 0. The van der Waals surface area contributed by atoms with Gasteiger partial charge in [-0.25, -0.2) is 0 Å². The molecule has 0 amide bonds. The first-order chi connectivity index (χ1) is 5.56. The highest BCUT2D eigenvalue weighted by Crippen LogP contribution is 2.22. The summed E-state index contributed by atoms with van der Waals surface area (Å²) in [6.45, 7) is 0.645. The predicted molar refractivity (Wildman–Crippen MR) is 41.0 cm³/mol. The zero-order chi connectivity index (χ0) is 9.45. The standard InChI is InChI=1S/C8H15F3O/c1-12-7-5-3-2-4-6-8(9,10)11/h2-7H2,1H3. The molecule has 0 aliphatic heterocycles. The third-order valence-corrected chi connectivity index (χ3v) is 1.56. The van der Waals surface area contributed by atoms with E-state index in [1.807, 2.05) is 0 Å². The normalized spacial score (nSPS) is 12.0. The summed E-state index contributed by atoms with van der Waals surface area (Å²) in [6.07, 6.45) is -2.07. The molecule has 0 heterocycles. The second-order valence-corrected chi connectivity index (χ2v) is 2.77. The lowest BCUT2D eigenvalue weighted by molar-refractivity contribution is -0.135. The van der Waals surface area contributed by atoms with Crippen LogP contribution < -0.4 is 0 Å². The van der Waals surface area contributed by atoms with Crippen LogP contribution in [0.5, 0.6) is 0 Å². The predicted octanol–water partition coefficient (Wildman–Crippen LogP) is 3.15. The smallest absolute Gasteiger partial charge is 0.385 e. The molecule has 0 aromatic heterocycles. The molecule has 0 aromatic carbocycles. The van der Waals surface area contributed by atoms with E-state index >= 15 is 0 Å². The minimum Gasteiger partial charge on any atom is -0.385 e. The summed E-state index contributed by atoms with van der Waals surface area (Å²) in [6, 6.07) is 0. The fourth-order valence-corrected chi connectivity index (χ4v) is 0.925. The minimum absolute atomic E-state index is 0.243. The van der Waals surface area contributed by atoms with Crippen LogP contribution in [0.15, 0.2) is 0 Å². The van der Waals surface area contributed by atoms with E-state index in [9.17, 15) is 13.2 Å². The Morgan fingerprint density at radius 1 is 1.00 bits per heavy atom. The van der Waals surface area contributed by atoms with Gasteiger partial charge in [0, 0.05) is 20.1 Å². The number of unbranched alkanes of at least 4 members (excludes halogenated alkanes) is 3.